The number of hydrogen-bond acceptors (Lipinski definition) is 4. The maximum Gasteiger partial charge on any atom is 0.317 e. The molecule has 1 aliphatic carbocycles. The van der Waals surface area contributed by atoms with Gasteiger partial charge in [-0.1, -0.05) is 46.1 Å². The molecule has 1 aliphatic rings. The first-order chi connectivity index (χ1) is 10.2. The van der Waals surface area contributed by atoms with Crippen LogP contribution in [0.2, 0.25) is 0 Å². The van der Waals surface area contributed by atoms with Crippen molar-refractivity contribution in [3.8, 4) is 0 Å². The predicted molar refractivity (Wildman–Crippen MR) is 84.8 cm³/mol. The van der Waals surface area contributed by atoms with Gasteiger partial charge in [-0.05, 0) is 19.3 Å². The fraction of sp³-hybridized carbons (Fsp3) is 0.389. The lowest BCUT2D eigenvalue weighted by molar-refractivity contribution is -0.155. The number of carbonyl (C=O) groups excluding carboxylic acids is 3. The molecule has 1 rings (SSSR count). The molecule has 0 aromatic carbocycles. The van der Waals surface area contributed by atoms with Gasteiger partial charge >= 0.3 is 5.97 Å². The molecule has 0 aromatic heterocycles. The van der Waals surface area contributed by atoms with E-state index in [2.05, 4.69) is 13.2 Å². The van der Waals surface area contributed by atoms with Crippen molar-refractivity contribution in [2.75, 3.05) is 0 Å². The topological polar surface area (TPSA) is 60.4 Å². The second-order valence-corrected chi connectivity index (χ2v) is 5.75. The Hall–Kier alpha value is -2.23. The number of rotatable bonds is 6. The van der Waals surface area contributed by atoms with E-state index in [-0.39, 0.29) is 22.8 Å². The first kappa shape index (κ1) is 17.8. The van der Waals surface area contributed by atoms with Crippen LogP contribution in [-0.4, -0.2) is 17.5 Å². The molecule has 0 saturated heterocycles. The monoisotopic (exact) mass is 302 g/mol. The summed E-state index contributed by atoms with van der Waals surface area (Å²) in [5, 5.41) is 0. The van der Waals surface area contributed by atoms with Crippen molar-refractivity contribution < 1.29 is 19.1 Å². The maximum absolute atomic E-state index is 12.4. The third-order valence-corrected chi connectivity index (χ3v) is 4.37. The minimum Gasteiger partial charge on any atom is -0.422 e. The lowest BCUT2D eigenvalue weighted by Gasteiger charge is -2.30. The molecule has 4 nitrogen and oxygen atoms in total. The van der Waals surface area contributed by atoms with Crippen LogP contribution >= 0.6 is 0 Å². The number of ketones is 2. The number of ether oxygens (including phenoxy) is 1. The molecule has 1 atom stereocenters. The van der Waals surface area contributed by atoms with E-state index in [1.54, 1.807) is 6.92 Å². The zero-order valence-electron chi connectivity index (χ0n) is 13.6. The standard InChI is InChI=1S/C18H22O4/c1-7-12-13(8-2)16(20)15(10-14(12)19)22-17(21)18(6,9-3)11(4)5/h7-8,10-11H,1-2,9H2,3-6H3. The summed E-state index contributed by atoms with van der Waals surface area (Å²) in [6, 6.07) is 0. The van der Waals surface area contributed by atoms with Crippen molar-refractivity contribution in [1.29, 1.82) is 0 Å². The van der Waals surface area contributed by atoms with Crippen LogP contribution in [0.4, 0.5) is 0 Å². The van der Waals surface area contributed by atoms with E-state index in [0.29, 0.717) is 6.42 Å². The van der Waals surface area contributed by atoms with E-state index in [1.165, 1.54) is 12.2 Å². The largest absolute Gasteiger partial charge is 0.422 e. The number of Topliss-reactive ketones (excluding diaryl/α,β-unsaturated/α-hetero) is 1. The van der Waals surface area contributed by atoms with Gasteiger partial charge in [0.15, 0.2) is 11.5 Å². The van der Waals surface area contributed by atoms with Crippen molar-refractivity contribution in [2.45, 2.75) is 34.1 Å². The number of carbonyl (C=O) groups is 3. The molecule has 0 aliphatic heterocycles. The second-order valence-electron chi connectivity index (χ2n) is 5.75. The summed E-state index contributed by atoms with van der Waals surface area (Å²) in [6.45, 7) is 14.5. The molecule has 0 heterocycles. The number of esters is 1. The Morgan fingerprint density at radius 2 is 1.82 bits per heavy atom. The van der Waals surface area contributed by atoms with Gasteiger partial charge in [0.25, 0.3) is 0 Å². The molecule has 1 unspecified atom stereocenters. The summed E-state index contributed by atoms with van der Waals surface area (Å²) in [7, 11) is 0. The van der Waals surface area contributed by atoms with Gasteiger partial charge in [-0.2, -0.15) is 0 Å². The Labute approximate surface area is 131 Å². The van der Waals surface area contributed by atoms with Crippen molar-refractivity contribution in [3.63, 3.8) is 0 Å². The molecular weight excluding hydrogens is 280 g/mol. The second kappa shape index (κ2) is 6.69. The zero-order chi connectivity index (χ0) is 17.1. The minimum atomic E-state index is -0.721. The third kappa shape index (κ3) is 3.01. The molecule has 0 amide bonds. The van der Waals surface area contributed by atoms with Crippen molar-refractivity contribution >= 4 is 17.5 Å². The Kier molecular flexibility index (Phi) is 5.42. The molecule has 0 saturated carbocycles. The van der Waals surface area contributed by atoms with Gasteiger partial charge < -0.3 is 4.74 Å². The molecule has 0 spiro atoms. The van der Waals surface area contributed by atoms with E-state index in [4.69, 9.17) is 4.74 Å². The van der Waals surface area contributed by atoms with E-state index < -0.39 is 23.0 Å². The SMILES string of the molecule is C=CC1=C(C=C)C(=O)C(OC(=O)C(C)(CC)C(C)C)=CC1=O. The summed E-state index contributed by atoms with van der Waals surface area (Å²) in [4.78, 5) is 36.7. The highest BCUT2D eigenvalue weighted by molar-refractivity contribution is 6.24. The summed E-state index contributed by atoms with van der Waals surface area (Å²) >= 11 is 0. The van der Waals surface area contributed by atoms with Crippen LogP contribution in [0.3, 0.4) is 0 Å². The normalized spacial score (nSPS) is 18.0. The maximum atomic E-state index is 12.4. The Morgan fingerprint density at radius 3 is 2.23 bits per heavy atom. The first-order valence-electron chi connectivity index (χ1n) is 7.25. The fourth-order valence-corrected chi connectivity index (χ4v) is 2.14. The van der Waals surface area contributed by atoms with Gasteiger partial charge in [0.2, 0.25) is 5.78 Å². The molecule has 0 aromatic rings. The van der Waals surface area contributed by atoms with Crippen LogP contribution in [0.5, 0.6) is 0 Å². The zero-order valence-corrected chi connectivity index (χ0v) is 13.6. The summed E-state index contributed by atoms with van der Waals surface area (Å²) in [6.07, 6.45) is 4.19. The quantitative estimate of drug-likeness (QED) is 0.558. The van der Waals surface area contributed by atoms with Gasteiger partial charge in [0, 0.05) is 17.2 Å². The molecular formula is C18H22O4. The molecule has 22 heavy (non-hydrogen) atoms. The fourth-order valence-electron chi connectivity index (χ4n) is 2.14. The lowest BCUT2D eigenvalue weighted by Crippen LogP contribution is -2.35. The molecule has 0 fully saturated rings. The molecule has 118 valence electrons. The van der Waals surface area contributed by atoms with Gasteiger partial charge in [0.05, 0.1) is 5.41 Å². The van der Waals surface area contributed by atoms with E-state index >= 15 is 0 Å². The Morgan fingerprint density at radius 1 is 1.27 bits per heavy atom. The van der Waals surface area contributed by atoms with Crippen molar-refractivity contribution in [1.82, 2.24) is 0 Å². The minimum absolute atomic E-state index is 0.0400. The lowest BCUT2D eigenvalue weighted by atomic mass is 9.77. The van der Waals surface area contributed by atoms with Crippen LogP contribution in [0, 0.1) is 11.3 Å². The van der Waals surface area contributed by atoms with E-state index in [9.17, 15) is 14.4 Å². The van der Waals surface area contributed by atoms with Crippen LogP contribution in [0.1, 0.15) is 34.1 Å². The highest BCUT2D eigenvalue weighted by Crippen LogP contribution is 2.34. The van der Waals surface area contributed by atoms with Crippen LogP contribution in [0.25, 0.3) is 0 Å². The van der Waals surface area contributed by atoms with E-state index in [1.807, 2.05) is 20.8 Å². The van der Waals surface area contributed by atoms with Gasteiger partial charge in [-0.3, -0.25) is 14.4 Å². The Bertz CT molecular complexity index is 605. The summed E-state index contributed by atoms with van der Waals surface area (Å²) < 4.78 is 5.25. The number of allylic oxidation sites excluding steroid dienone is 5. The van der Waals surface area contributed by atoms with E-state index in [0.717, 1.165) is 6.08 Å². The van der Waals surface area contributed by atoms with Crippen LogP contribution in [-0.2, 0) is 19.1 Å². The summed E-state index contributed by atoms with van der Waals surface area (Å²) in [5.41, 5.74) is -0.448. The number of hydrogen-bond donors (Lipinski definition) is 0. The summed E-state index contributed by atoms with van der Waals surface area (Å²) in [5.74, 6) is -1.67. The highest BCUT2D eigenvalue weighted by atomic mass is 16.5. The molecule has 4 heteroatoms. The molecule has 0 radical (unpaired) electrons. The molecule has 0 N–H and O–H groups in total. The average molecular weight is 302 g/mol. The third-order valence-electron chi connectivity index (χ3n) is 4.37. The van der Waals surface area contributed by atoms with Gasteiger partial charge in [0.1, 0.15) is 0 Å². The first-order valence-corrected chi connectivity index (χ1v) is 7.25. The highest BCUT2D eigenvalue weighted by Gasteiger charge is 2.39. The van der Waals surface area contributed by atoms with Crippen LogP contribution in [0.15, 0.2) is 48.3 Å². The Balaban J connectivity index is 3.13. The van der Waals surface area contributed by atoms with Gasteiger partial charge in [-0.25, -0.2) is 0 Å². The van der Waals surface area contributed by atoms with Gasteiger partial charge in [-0.15, -0.1) is 0 Å². The smallest absolute Gasteiger partial charge is 0.317 e. The van der Waals surface area contributed by atoms with Crippen molar-refractivity contribution in [3.05, 3.63) is 48.3 Å². The average Bonchev–Trinajstić information content (AvgIpc) is 2.48. The van der Waals surface area contributed by atoms with Crippen molar-refractivity contribution in [2.24, 2.45) is 11.3 Å². The molecule has 0 bridgehead atoms. The van der Waals surface area contributed by atoms with Crippen LogP contribution < -0.4 is 0 Å². The predicted octanol–water partition coefficient (Wildman–Crippen LogP) is 3.31.